The van der Waals surface area contributed by atoms with Crippen LogP contribution in [-0.2, 0) is 9.59 Å². The monoisotopic (exact) mass is 428 g/mol. The minimum Gasteiger partial charge on any atom is -0.325 e. The molecule has 2 aromatic rings. The molecule has 1 saturated heterocycles. The number of nitrogens with zero attached hydrogens (tertiary/aromatic N) is 2. The highest BCUT2D eigenvalue weighted by molar-refractivity contribution is 6.33. The number of hydrogen-bond acceptors (Lipinski definition) is 4. The SMILES string of the molecule is CC(C)c1ccccc1NC(=O)CN1CCN(CC(=O)Nc2ccccc2Cl)CC1. The van der Waals surface area contributed by atoms with Crippen LogP contribution in [0, 0.1) is 0 Å². The van der Waals surface area contributed by atoms with Gasteiger partial charge in [-0.3, -0.25) is 19.4 Å². The Morgan fingerprint density at radius 3 is 1.83 bits per heavy atom. The molecule has 2 N–H and O–H groups in total. The second kappa shape index (κ2) is 10.6. The fourth-order valence-corrected chi connectivity index (χ4v) is 3.75. The molecule has 0 atom stereocenters. The quantitative estimate of drug-likeness (QED) is 0.706. The maximum atomic E-state index is 12.5. The highest BCUT2D eigenvalue weighted by Gasteiger charge is 2.21. The van der Waals surface area contributed by atoms with Gasteiger partial charge in [0.2, 0.25) is 11.8 Å². The maximum Gasteiger partial charge on any atom is 0.238 e. The highest BCUT2D eigenvalue weighted by atomic mass is 35.5. The van der Waals surface area contributed by atoms with Crippen LogP contribution < -0.4 is 10.6 Å². The topological polar surface area (TPSA) is 64.7 Å². The Morgan fingerprint density at radius 1 is 0.833 bits per heavy atom. The van der Waals surface area contributed by atoms with Gasteiger partial charge in [-0.2, -0.15) is 0 Å². The Morgan fingerprint density at radius 2 is 1.30 bits per heavy atom. The number of para-hydroxylation sites is 2. The summed E-state index contributed by atoms with van der Waals surface area (Å²) in [6.45, 7) is 7.88. The largest absolute Gasteiger partial charge is 0.325 e. The fraction of sp³-hybridized carbons (Fsp3) is 0.391. The molecule has 7 heteroatoms. The van der Waals surface area contributed by atoms with Crippen molar-refractivity contribution in [2.75, 3.05) is 49.9 Å². The summed E-state index contributed by atoms with van der Waals surface area (Å²) in [7, 11) is 0. The first-order valence-electron chi connectivity index (χ1n) is 10.3. The normalized spacial score (nSPS) is 15.2. The van der Waals surface area contributed by atoms with Crippen molar-refractivity contribution < 1.29 is 9.59 Å². The van der Waals surface area contributed by atoms with E-state index in [2.05, 4.69) is 34.3 Å². The van der Waals surface area contributed by atoms with E-state index in [4.69, 9.17) is 11.6 Å². The first-order chi connectivity index (χ1) is 14.4. The maximum absolute atomic E-state index is 12.5. The van der Waals surface area contributed by atoms with Crippen LogP contribution >= 0.6 is 11.6 Å². The van der Waals surface area contributed by atoms with Crippen LogP contribution in [0.1, 0.15) is 25.3 Å². The van der Waals surface area contributed by atoms with E-state index in [9.17, 15) is 9.59 Å². The van der Waals surface area contributed by atoms with Gasteiger partial charge in [0, 0.05) is 31.9 Å². The molecule has 160 valence electrons. The summed E-state index contributed by atoms with van der Waals surface area (Å²) < 4.78 is 0. The number of anilines is 2. The van der Waals surface area contributed by atoms with E-state index in [1.54, 1.807) is 12.1 Å². The average Bonchev–Trinajstić information content (AvgIpc) is 2.71. The summed E-state index contributed by atoms with van der Waals surface area (Å²) in [6, 6.07) is 15.1. The van der Waals surface area contributed by atoms with Gasteiger partial charge in [-0.1, -0.05) is 55.8 Å². The Balaban J connectivity index is 1.43. The number of carbonyl (C=O) groups is 2. The average molecular weight is 429 g/mol. The molecule has 3 rings (SSSR count). The molecule has 0 spiro atoms. The molecule has 0 unspecified atom stereocenters. The molecule has 0 bridgehead atoms. The van der Waals surface area contributed by atoms with Crippen molar-refractivity contribution in [3.05, 3.63) is 59.1 Å². The summed E-state index contributed by atoms with van der Waals surface area (Å²) in [5, 5.41) is 6.43. The van der Waals surface area contributed by atoms with Crippen molar-refractivity contribution in [1.82, 2.24) is 9.80 Å². The third kappa shape index (κ3) is 6.29. The van der Waals surface area contributed by atoms with Crippen LogP contribution in [0.25, 0.3) is 0 Å². The third-order valence-electron chi connectivity index (χ3n) is 5.20. The molecule has 0 saturated carbocycles. The van der Waals surface area contributed by atoms with Crippen molar-refractivity contribution in [3.63, 3.8) is 0 Å². The molecule has 30 heavy (non-hydrogen) atoms. The van der Waals surface area contributed by atoms with Crippen LogP contribution in [0.2, 0.25) is 5.02 Å². The number of nitrogens with one attached hydrogen (secondary N) is 2. The van der Waals surface area contributed by atoms with Gasteiger partial charge in [-0.25, -0.2) is 0 Å². The van der Waals surface area contributed by atoms with Crippen molar-refractivity contribution >= 4 is 34.8 Å². The van der Waals surface area contributed by atoms with Gasteiger partial charge in [0.05, 0.1) is 23.8 Å². The summed E-state index contributed by atoms with van der Waals surface area (Å²) in [4.78, 5) is 29.0. The molecule has 1 fully saturated rings. The third-order valence-corrected chi connectivity index (χ3v) is 5.53. The molecule has 0 aliphatic carbocycles. The number of piperazine rings is 1. The predicted molar refractivity (Wildman–Crippen MR) is 122 cm³/mol. The second-order valence-corrected chi connectivity index (χ2v) is 8.28. The Labute approximate surface area is 183 Å². The summed E-state index contributed by atoms with van der Waals surface area (Å²) in [6.07, 6.45) is 0. The Kier molecular flexibility index (Phi) is 7.85. The van der Waals surface area contributed by atoms with Crippen LogP contribution in [0.4, 0.5) is 11.4 Å². The van der Waals surface area contributed by atoms with E-state index < -0.39 is 0 Å². The van der Waals surface area contributed by atoms with Crippen molar-refractivity contribution in [3.8, 4) is 0 Å². The summed E-state index contributed by atoms with van der Waals surface area (Å²) in [5.74, 6) is 0.259. The van der Waals surface area contributed by atoms with E-state index in [0.717, 1.165) is 37.4 Å². The van der Waals surface area contributed by atoms with Gasteiger partial charge in [-0.15, -0.1) is 0 Å². The van der Waals surface area contributed by atoms with Gasteiger partial charge in [-0.05, 0) is 29.7 Å². The minimum absolute atomic E-state index is 0.00647. The molecule has 0 aromatic heterocycles. The zero-order valence-corrected chi connectivity index (χ0v) is 18.3. The summed E-state index contributed by atoms with van der Waals surface area (Å²) >= 11 is 6.09. The Hall–Kier alpha value is -2.41. The number of halogens is 1. The highest BCUT2D eigenvalue weighted by Crippen LogP contribution is 2.23. The number of amides is 2. The zero-order valence-electron chi connectivity index (χ0n) is 17.5. The van der Waals surface area contributed by atoms with Gasteiger partial charge in [0.15, 0.2) is 0 Å². The zero-order chi connectivity index (χ0) is 21.5. The van der Waals surface area contributed by atoms with Crippen LogP contribution in [0.15, 0.2) is 48.5 Å². The first-order valence-corrected chi connectivity index (χ1v) is 10.7. The minimum atomic E-state index is -0.0837. The molecule has 1 aliphatic rings. The molecular formula is C23H29ClN4O2. The van der Waals surface area contributed by atoms with E-state index in [1.165, 1.54) is 0 Å². The lowest BCUT2D eigenvalue weighted by atomic mass is 10.0. The molecule has 1 heterocycles. The van der Waals surface area contributed by atoms with Crippen LogP contribution in [0.5, 0.6) is 0 Å². The first kappa shape index (κ1) is 22.3. The molecule has 1 aliphatic heterocycles. The smallest absolute Gasteiger partial charge is 0.238 e. The van der Waals surface area contributed by atoms with Gasteiger partial charge in [0.1, 0.15) is 0 Å². The van der Waals surface area contributed by atoms with Crippen molar-refractivity contribution in [2.24, 2.45) is 0 Å². The lowest BCUT2D eigenvalue weighted by Crippen LogP contribution is -2.50. The predicted octanol–water partition coefficient (Wildman–Crippen LogP) is 3.66. The van der Waals surface area contributed by atoms with Crippen molar-refractivity contribution in [2.45, 2.75) is 19.8 Å². The number of hydrogen-bond donors (Lipinski definition) is 2. The van der Waals surface area contributed by atoms with E-state index in [1.807, 2.05) is 36.4 Å². The lowest BCUT2D eigenvalue weighted by molar-refractivity contribution is -0.120. The van der Waals surface area contributed by atoms with Crippen molar-refractivity contribution in [1.29, 1.82) is 0 Å². The standard InChI is InChI=1S/C23H29ClN4O2/c1-17(2)18-7-3-5-9-20(18)25-22(29)15-27-11-13-28(14-12-27)16-23(30)26-21-10-6-4-8-19(21)24/h3-10,17H,11-16H2,1-2H3,(H,25,29)(H,26,30). The van der Waals surface area contributed by atoms with E-state index >= 15 is 0 Å². The molecule has 2 aromatic carbocycles. The molecule has 0 radical (unpaired) electrons. The lowest BCUT2D eigenvalue weighted by Gasteiger charge is -2.33. The van der Waals surface area contributed by atoms with Gasteiger partial charge < -0.3 is 10.6 Å². The van der Waals surface area contributed by atoms with Crippen LogP contribution in [0.3, 0.4) is 0 Å². The van der Waals surface area contributed by atoms with Crippen LogP contribution in [-0.4, -0.2) is 60.9 Å². The fourth-order valence-electron chi connectivity index (χ4n) is 3.57. The van der Waals surface area contributed by atoms with E-state index in [0.29, 0.717) is 29.7 Å². The Bertz CT molecular complexity index is 879. The van der Waals surface area contributed by atoms with Gasteiger partial charge in [0.25, 0.3) is 0 Å². The van der Waals surface area contributed by atoms with E-state index in [-0.39, 0.29) is 11.8 Å². The van der Waals surface area contributed by atoms with Gasteiger partial charge >= 0.3 is 0 Å². The number of rotatable bonds is 7. The number of carbonyl (C=O) groups excluding carboxylic acids is 2. The number of benzene rings is 2. The molecular weight excluding hydrogens is 400 g/mol. The second-order valence-electron chi connectivity index (χ2n) is 7.87. The molecule has 2 amide bonds. The molecule has 6 nitrogen and oxygen atoms in total. The summed E-state index contributed by atoms with van der Waals surface area (Å²) in [5.41, 5.74) is 2.65.